The minimum atomic E-state index is -0.752. The fourth-order valence-electron chi connectivity index (χ4n) is 9.75. The van der Waals surface area contributed by atoms with Gasteiger partial charge < -0.3 is 45.2 Å². The van der Waals surface area contributed by atoms with E-state index in [4.69, 9.17) is 0 Å². The maximum absolute atomic E-state index is 10.7. The van der Waals surface area contributed by atoms with Gasteiger partial charge in [-0.15, -0.1) is 47.0 Å². The van der Waals surface area contributed by atoms with E-state index in [0.717, 1.165) is 40.8 Å². The largest absolute Gasteiger partial charge is 1.00 e. The van der Waals surface area contributed by atoms with Gasteiger partial charge in [-0.3, -0.25) is 0 Å². The van der Waals surface area contributed by atoms with Crippen molar-refractivity contribution in [1.29, 1.82) is 0 Å². The van der Waals surface area contributed by atoms with E-state index in [1.807, 2.05) is 146 Å². The second-order valence-corrected chi connectivity index (χ2v) is 31.5. The van der Waals surface area contributed by atoms with Gasteiger partial charge in [0.05, 0.1) is 0 Å². The van der Waals surface area contributed by atoms with E-state index in [2.05, 4.69) is 194 Å². The summed E-state index contributed by atoms with van der Waals surface area (Å²) in [4.78, 5) is 3.71. The van der Waals surface area contributed by atoms with E-state index in [9.17, 15) is 20.4 Å². The number of thioether (sulfide) groups is 4. The Labute approximate surface area is 616 Å². The van der Waals surface area contributed by atoms with Crippen molar-refractivity contribution in [3.05, 3.63) is 315 Å². The smallest absolute Gasteiger partial charge is 0.137 e. The number of para-hydroxylation sites is 4. The molecule has 0 saturated carbocycles. The molecule has 0 amide bonds. The molecule has 4 nitrogen and oxygen atoms in total. The maximum atomic E-state index is 10.7. The third kappa shape index (κ3) is 20.7. The number of benzene rings is 12. The Hall–Kier alpha value is -4.69. The van der Waals surface area contributed by atoms with Gasteiger partial charge in [-0.25, -0.2) is 0 Å². The zero-order valence-electron chi connectivity index (χ0n) is 51.0. The van der Waals surface area contributed by atoms with Gasteiger partial charge in [0.15, 0.2) is 0 Å². The summed E-state index contributed by atoms with van der Waals surface area (Å²) in [6, 6.07) is 108. The van der Waals surface area contributed by atoms with Gasteiger partial charge in [0.2, 0.25) is 0 Å². The van der Waals surface area contributed by atoms with Crippen LogP contribution in [0.4, 0.5) is 0 Å². The van der Waals surface area contributed by atoms with Crippen molar-refractivity contribution >= 4 is 142 Å². The van der Waals surface area contributed by atoms with Crippen molar-refractivity contribution in [2.24, 2.45) is 0 Å². The second-order valence-electron chi connectivity index (χ2n) is 19.3. The molecule has 0 aromatic heterocycles. The summed E-state index contributed by atoms with van der Waals surface area (Å²) in [5.41, 5.74) is 0. The van der Waals surface area contributed by atoms with Crippen molar-refractivity contribution in [3.8, 4) is 23.0 Å². The first kappa shape index (κ1) is 78.0. The molecule has 0 fully saturated rings. The molecule has 16 heteroatoms. The molecule has 12 aromatic rings. The predicted molar refractivity (Wildman–Crippen MR) is 394 cm³/mol. The molecule has 12 aromatic carbocycles. The predicted octanol–water partition coefficient (Wildman–Crippen LogP) is 9.49. The van der Waals surface area contributed by atoms with Gasteiger partial charge in [-0.05, 0) is 123 Å². The van der Waals surface area contributed by atoms with Crippen molar-refractivity contribution in [1.82, 2.24) is 0 Å². The first-order chi connectivity index (χ1) is 43.2. The van der Waals surface area contributed by atoms with Crippen LogP contribution in [0.5, 0.6) is 23.0 Å². The van der Waals surface area contributed by atoms with E-state index in [0.29, 0.717) is 23.0 Å². The van der Waals surface area contributed by atoms with Crippen LogP contribution in [0.1, 0.15) is 0 Å². The fourth-order valence-corrected chi connectivity index (χ4v) is 21.6. The summed E-state index contributed by atoms with van der Waals surface area (Å²) in [5, 5.41) is 56.7. The molecule has 0 spiro atoms. The van der Waals surface area contributed by atoms with Crippen LogP contribution >= 0.6 is 78.7 Å². The van der Waals surface area contributed by atoms with Crippen LogP contribution in [0.15, 0.2) is 335 Å². The van der Waals surface area contributed by atoms with E-state index in [1.165, 1.54) is 42.4 Å². The van der Waals surface area contributed by atoms with Gasteiger partial charge in [-0.2, -0.15) is 0 Å². The molecule has 0 heterocycles. The Morgan fingerprint density at radius 3 is 0.446 bits per heavy atom. The molecular formula is C76H68Cl2O4P4S4Zr2-2. The molecule has 0 aliphatic carbocycles. The standard InChI is InChI=1S/4C19H17OPS.2ClH.2Zr/c4*1-22-18-14-8-13-17(19(18)20)21(15-9-4-2-5-10-15)16-11-6-3-7-12-16;;;;/h4*2-14,20H,1H3;2*1H;;/p-2. The van der Waals surface area contributed by atoms with E-state index >= 15 is 0 Å². The molecule has 0 aliphatic heterocycles. The van der Waals surface area contributed by atoms with Crippen LogP contribution < -0.4 is 88.5 Å². The van der Waals surface area contributed by atoms with Gasteiger partial charge in [0.1, 0.15) is 23.0 Å². The third-order valence-corrected chi connectivity index (χ3v) is 26.8. The summed E-state index contributed by atoms with van der Waals surface area (Å²) in [6.07, 6.45) is 7.97. The molecule has 0 bridgehead atoms. The average molecular weight is 1550 g/mol. The number of aromatic hydroxyl groups is 4. The molecular weight excluding hydrogens is 1480 g/mol. The summed E-state index contributed by atoms with van der Waals surface area (Å²) in [5.74, 6) is 1.64. The monoisotopic (exact) mass is 1550 g/mol. The number of phenolic OH excluding ortho intramolecular Hbond substituents is 4. The first-order valence-corrected chi connectivity index (χ1v) is 38.6. The molecule has 0 atom stereocenters. The molecule has 0 saturated heterocycles. The number of halogens is 2. The molecule has 0 radical (unpaired) electrons. The Balaban J connectivity index is 0.000000219. The average Bonchev–Trinajstić information content (AvgIpc) is 0.982. The molecule has 464 valence electrons. The van der Waals surface area contributed by atoms with Gasteiger partial charge in [-0.1, -0.05) is 291 Å². The minimum absolute atomic E-state index is 0. The van der Waals surface area contributed by atoms with Crippen LogP contribution in [0.25, 0.3) is 0 Å². The van der Waals surface area contributed by atoms with Crippen molar-refractivity contribution in [2.45, 2.75) is 19.6 Å². The Morgan fingerprint density at radius 1 is 0.196 bits per heavy atom. The molecule has 12 rings (SSSR count). The van der Waals surface area contributed by atoms with E-state index in [1.54, 1.807) is 47.0 Å². The van der Waals surface area contributed by atoms with Gasteiger partial charge in [0, 0.05) is 93.2 Å². The third-order valence-electron chi connectivity index (χ3n) is 13.9. The second kappa shape index (κ2) is 41.3. The number of hydrogen-bond acceptors (Lipinski definition) is 8. The zero-order valence-corrected chi connectivity index (χ0v) is 64.3. The van der Waals surface area contributed by atoms with Gasteiger partial charge in [0.25, 0.3) is 0 Å². The Bertz CT molecular complexity index is 3380. The fraction of sp³-hybridized carbons (Fsp3) is 0.0526. The van der Waals surface area contributed by atoms with E-state index in [-0.39, 0.29) is 77.2 Å². The quantitative estimate of drug-likeness (QED) is 0.0564. The molecule has 92 heavy (non-hydrogen) atoms. The van der Waals surface area contributed by atoms with Crippen molar-refractivity contribution < 1.29 is 97.6 Å². The number of rotatable bonds is 16. The summed E-state index contributed by atoms with van der Waals surface area (Å²) in [6.45, 7) is 0. The Kier molecular flexibility index (Phi) is 35.0. The number of hydrogen-bond donors (Lipinski definition) is 4. The maximum Gasteiger partial charge on any atom is 0.137 e. The van der Waals surface area contributed by atoms with Crippen LogP contribution in [0.2, 0.25) is 0 Å². The SMILES string of the molecule is CSc1cccc(P(c2ccccc2)c2ccccc2)c1O.CSc1cccc(P(c2ccccc2)c2ccccc2)c1O.CSc1cccc(P(c2ccccc2)c2ccccc2)c1O.CSc1cccc(P(c2ccccc2)c2ccccc2)c1O.[Cl-].[Cl-].[Zr].[Zr]. The summed E-state index contributed by atoms with van der Waals surface area (Å²) < 4.78 is 0. The van der Waals surface area contributed by atoms with Crippen molar-refractivity contribution in [2.75, 3.05) is 25.0 Å². The first-order valence-electron chi connectivity index (χ1n) is 28.3. The zero-order chi connectivity index (χ0) is 61.5. The van der Waals surface area contributed by atoms with Crippen LogP contribution in [0.3, 0.4) is 0 Å². The van der Waals surface area contributed by atoms with Crippen LogP contribution in [-0.2, 0) is 52.4 Å². The molecule has 4 N–H and O–H groups in total. The van der Waals surface area contributed by atoms with E-state index < -0.39 is 31.7 Å². The normalized spacial score (nSPS) is 10.3. The van der Waals surface area contributed by atoms with Crippen molar-refractivity contribution in [3.63, 3.8) is 0 Å². The number of phenols is 4. The summed E-state index contributed by atoms with van der Waals surface area (Å²) in [7, 11) is -3.01. The molecule has 0 unspecified atom stereocenters. The van der Waals surface area contributed by atoms with Crippen LogP contribution in [-0.4, -0.2) is 45.4 Å². The summed E-state index contributed by atoms with van der Waals surface area (Å²) >= 11 is 6.31. The van der Waals surface area contributed by atoms with Gasteiger partial charge >= 0.3 is 0 Å². The van der Waals surface area contributed by atoms with Crippen LogP contribution in [0, 0.1) is 0 Å². The Morgan fingerprint density at radius 2 is 0.326 bits per heavy atom. The minimum Gasteiger partial charge on any atom is -1.00 e. The topological polar surface area (TPSA) is 80.9 Å². The molecule has 0 aliphatic rings.